The minimum atomic E-state index is -0.454. The van der Waals surface area contributed by atoms with Crippen LogP contribution in [0.25, 0.3) is 0 Å². The van der Waals surface area contributed by atoms with Crippen LogP contribution < -0.4 is 4.90 Å². The monoisotopic (exact) mass is 410 g/mol. The lowest BCUT2D eigenvalue weighted by molar-refractivity contribution is -0.384. The molecule has 3 rings (SSSR count). The number of nitrogens with zero attached hydrogens (tertiary/aromatic N) is 4. The highest BCUT2D eigenvalue weighted by Crippen LogP contribution is 2.31. The van der Waals surface area contributed by atoms with Crippen LogP contribution >= 0.6 is 0 Å². The quantitative estimate of drug-likeness (QED) is 0.558. The van der Waals surface area contributed by atoms with Crippen molar-refractivity contribution in [2.75, 3.05) is 38.1 Å². The summed E-state index contributed by atoms with van der Waals surface area (Å²) in [6.07, 6.45) is 0. The second-order valence-corrected chi connectivity index (χ2v) is 7.46. The van der Waals surface area contributed by atoms with E-state index < -0.39 is 4.92 Å². The zero-order valence-electron chi connectivity index (χ0n) is 17.4. The number of amides is 2. The Kier molecular flexibility index (Phi) is 6.34. The maximum atomic E-state index is 13.0. The second-order valence-electron chi connectivity index (χ2n) is 7.46. The summed E-state index contributed by atoms with van der Waals surface area (Å²) in [7, 11) is 1.70. The first-order chi connectivity index (χ1) is 14.3. The Labute approximate surface area is 175 Å². The topological polar surface area (TPSA) is 87.0 Å². The molecule has 0 aromatic heterocycles. The number of hydrogen-bond acceptors (Lipinski definition) is 5. The van der Waals surface area contributed by atoms with Crippen LogP contribution in [0, 0.1) is 10.1 Å². The summed E-state index contributed by atoms with van der Waals surface area (Å²) in [5.41, 5.74) is 1.64. The average Bonchev–Trinajstić information content (AvgIpc) is 2.77. The summed E-state index contributed by atoms with van der Waals surface area (Å²) < 4.78 is 0. The lowest BCUT2D eigenvalue weighted by atomic mass is 10.1. The lowest BCUT2D eigenvalue weighted by Gasteiger charge is -2.35. The van der Waals surface area contributed by atoms with Crippen molar-refractivity contribution in [3.8, 4) is 0 Å². The van der Waals surface area contributed by atoms with Gasteiger partial charge in [-0.1, -0.05) is 30.3 Å². The summed E-state index contributed by atoms with van der Waals surface area (Å²) in [6, 6.07) is 14.1. The Balaban J connectivity index is 1.82. The van der Waals surface area contributed by atoms with E-state index in [0.717, 1.165) is 5.56 Å². The molecular formula is C22H26N4O4. The normalized spacial score (nSPS) is 14.9. The number of hydrogen-bond donors (Lipinski definition) is 0. The van der Waals surface area contributed by atoms with Gasteiger partial charge in [-0.15, -0.1) is 0 Å². The van der Waals surface area contributed by atoms with Gasteiger partial charge in [-0.2, -0.15) is 0 Å². The molecule has 1 unspecified atom stereocenters. The van der Waals surface area contributed by atoms with Crippen molar-refractivity contribution in [3.05, 3.63) is 69.8 Å². The SMILES string of the molecule is CC(=O)N1CCN(c2ccc(C(=O)N(C)C(C)c3ccccc3)cc2[N+](=O)[O-])CC1. The highest BCUT2D eigenvalue weighted by molar-refractivity contribution is 5.96. The number of piperazine rings is 1. The third kappa shape index (κ3) is 4.42. The molecule has 0 spiro atoms. The maximum absolute atomic E-state index is 13.0. The third-order valence-electron chi connectivity index (χ3n) is 5.67. The van der Waals surface area contributed by atoms with E-state index in [-0.39, 0.29) is 29.1 Å². The summed E-state index contributed by atoms with van der Waals surface area (Å²) in [4.78, 5) is 41.0. The van der Waals surface area contributed by atoms with Crippen molar-refractivity contribution in [2.24, 2.45) is 0 Å². The van der Waals surface area contributed by atoms with Gasteiger partial charge in [0.05, 0.1) is 11.0 Å². The van der Waals surface area contributed by atoms with E-state index in [4.69, 9.17) is 0 Å². The molecule has 1 fully saturated rings. The molecule has 0 bridgehead atoms. The molecule has 1 aliphatic rings. The van der Waals surface area contributed by atoms with E-state index in [1.807, 2.05) is 42.2 Å². The fourth-order valence-corrected chi connectivity index (χ4v) is 3.67. The van der Waals surface area contributed by atoms with Crippen molar-refractivity contribution in [2.45, 2.75) is 19.9 Å². The first kappa shape index (κ1) is 21.3. The molecule has 0 saturated carbocycles. The van der Waals surface area contributed by atoms with Crippen LogP contribution in [0.15, 0.2) is 48.5 Å². The largest absolute Gasteiger partial charge is 0.362 e. The number of carbonyl (C=O) groups excluding carboxylic acids is 2. The average molecular weight is 410 g/mol. The van der Waals surface area contributed by atoms with Gasteiger partial charge in [-0.05, 0) is 24.6 Å². The Bertz CT molecular complexity index is 939. The maximum Gasteiger partial charge on any atom is 0.293 e. The summed E-state index contributed by atoms with van der Waals surface area (Å²) in [5, 5.41) is 11.7. The van der Waals surface area contributed by atoms with Crippen LogP contribution in [0.4, 0.5) is 11.4 Å². The van der Waals surface area contributed by atoms with Crippen LogP contribution in [-0.2, 0) is 4.79 Å². The number of nitro groups is 1. The van der Waals surface area contributed by atoms with Gasteiger partial charge in [-0.3, -0.25) is 19.7 Å². The Morgan fingerprint density at radius 3 is 2.27 bits per heavy atom. The predicted molar refractivity (Wildman–Crippen MR) is 115 cm³/mol. The molecule has 1 aliphatic heterocycles. The predicted octanol–water partition coefficient (Wildman–Crippen LogP) is 3.10. The molecule has 30 heavy (non-hydrogen) atoms. The summed E-state index contributed by atoms with van der Waals surface area (Å²) >= 11 is 0. The van der Waals surface area contributed by atoms with Gasteiger partial charge < -0.3 is 14.7 Å². The van der Waals surface area contributed by atoms with Gasteiger partial charge in [-0.25, -0.2) is 0 Å². The van der Waals surface area contributed by atoms with Crippen LogP contribution in [0.1, 0.15) is 35.8 Å². The molecular weight excluding hydrogens is 384 g/mol. The molecule has 1 heterocycles. The fourth-order valence-electron chi connectivity index (χ4n) is 3.67. The Hall–Kier alpha value is -3.42. The molecule has 2 amide bonds. The number of carbonyl (C=O) groups is 2. The Morgan fingerprint density at radius 1 is 1.07 bits per heavy atom. The van der Waals surface area contributed by atoms with Crippen LogP contribution in [-0.4, -0.2) is 59.8 Å². The number of benzene rings is 2. The second kappa shape index (κ2) is 8.94. The molecule has 0 N–H and O–H groups in total. The van der Waals surface area contributed by atoms with Crippen molar-refractivity contribution in [3.63, 3.8) is 0 Å². The molecule has 2 aromatic rings. The molecule has 0 aliphatic carbocycles. The van der Waals surface area contributed by atoms with Gasteiger partial charge in [0.2, 0.25) is 5.91 Å². The molecule has 1 saturated heterocycles. The minimum Gasteiger partial charge on any atom is -0.362 e. The van der Waals surface area contributed by atoms with Gasteiger partial charge in [0.25, 0.3) is 11.6 Å². The minimum absolute atomic E-state index is 0.000618. The Morgan fingerprint density at radius 2 is 1.70 bits per heavy atom. The molecule has 2 aromatic carbocycles. The fraction of sp³-hybridized carbons (Fsp3) is 0.364. The van der Waals surface area contributed by atoms with Gasteiger partial charge in [0, 0.05) is 51.8 Å². The smallest absolute Gasteiger partial charge is 0.293 e. The van der Waals surface area contributed by atoms with Crippen molar-refractivity contribution in [1.29, 1.82) is 0 Å². The zero-order valence-corrected chi connectivity index (χ0v) is 17.4. The molecule has 158 valence electrons. The number of anilines is 1. The zero-order chi connectivity index (χ0) is 21.8. The van der Waals surface area contributed by atoms with Crippen LogP contribution in [0.2, 0.25) is 0 Å². The first-order valence-electron chi connectivity index (χ1n) is 9.90. The van der Waals surface area contributed by atoms with E-state index in [2.05, 4.69) is 0 Å². The standard InChI is InChI=1S/C22H26N4O4/c1-16(18-7-5-4-6-8-18)23(3)22(28)19-9-10-20(21(15-19)26(29)30)25-13-11-24(12-14-25)17(2)27/h4-10,15-16H,11-14H2,1-3H3. The van der Waals surface area contributed by atoms with Crippen molar-refractivity contribution in [1.82, 2.24) is 9.80 Å². The molecule has 1 atom stereocenters. The van der Waals surface area contributed by atoms with E-state index in [9.17, 15) is 19.7 Å². The summed E-state index contributed by atoms with van der Waals surface area (Å²) in [6.45, 7) is 5.50. The van der Waals surface area contributed by atoms with E-state index >= 15 is 0 Å². The van der Waals surface area contributed by atoms with Gasteiger partial charge in [0.15, 0.2) is 0 Å². The van der Waals surface area contributed by atoms with Crippen molar-refractivity contribution < 1.29 is 14.5 Å². The van der Waals surface area contributed by atoms with Gasteiger partial charge in [0.1, 0.15) is 5.69 Å². The van der Waals surface area contributed by atoms with E-state index in [1.54, 1.807) is 29.0 Å². The number of rotatable bonds is 5. The molecule has 8 nitrogen and oxygen atoms in total. The van der Waals surface area contributed by atoms with Gasteiger partial charge >= 0.3 is 0 Å². The highest BCUT2D eigenvalue weighted by Gasteiger charge is 2.27. The third-order valence-corrected chi connectivity index (χ3v) is 5.67. The lowest BCUT2D eigenvalue weighted by Crippen LogP contribution is -2.48. The van der Waals surface area contributed by atoms with E-state index in [1.165, 1.54) is 13.0 Å². The number of nitro benzene ring substituents is 1. The van der Waals surface area contributed by atoms with E-state index in [0.29, 0.717) is 31.9 Å². The molecule has 0 radical (unpaired) electrons. The first-order valence-corrected chi connectivity index (χ1v) is 9.90. The molecule has 8 heteroatoms. The van der Waals surface area contributed by atoms with Crippen LogP contribution in [0.3, 0.4) is 0 Å². The van der Waals surface area contributed by atoms with Crippen molar-refractivity contribution >= 4 is 23.2 Å². The summed E-state index contributed by atoms with van der Waals surface area (Å²) in [5.74, 6) is -0.275. The van der Waals surface area contributed by atoms with Crippen LogP contribution in [0.5, 0.6) is 0 Å². The highest BCUT2D eigenvalue weighted by atomic mass is 16.6.